The van der Waals surface area contributed by atoms with E-state index in [0.29, 0.717) is 78.7 Å². The van der Waals surface area contributed by atoms with Crippen molar-refractivity contribution in [1.82, 2.24) is 5.32 Å². The molecule has 5 heterocycles. The lowest BCUT2D eigenvalue weighted by Crippen LogP contribution is -2.55. The number of phenolic OH excluding ortho intramolecular Hbond substituents is 2. The summed E-state index contributed by atoms with van der Waals surface area (Å²) in [6, 6.07) is 11.7. The van der Waals surface area contributed by atoms with E-state index in [1.165, 1.54) is 37.7 Å². The molecule has 5 aliphatic heterocycles. The van der Waals surface area contributed by atoms with Crippen LogP contribution in [0.3, 0.4) is 0 Å². The molecular formula is C56H75N3O7. The molecule has 12 bridgehead atoms. The number of nitrogens with two attached hydrogens (primary N) is 1. The van der Waals surface area contributed by atoms with Crippen molar-refractivity contribution < 1.29 is 34.6 Å². The van der Waals surface area contributed by atoms with Gasteiger partial charge in [0.2, 0.25) is 0 Å². The van der Waals surface area contributed by atoms with Crippen LogP contribution in [0.4, 0.5) is 0 Å². The molecule has 66 heavy (non-hydrogen) atoms. The van der Waals surface area contributed by atoms with E-state index < -0.39 is 18.3 Å². The van der Waals surface area contributed by atoms with Crippen molar-refractivity contribution in [3.63, 3.8) is 0 Å². The molecule has 0 aromatic heterocycles. The number of phenols is 2. The first-order valence-electron chi connectivity index (χ1n) is 25.8. The number of ether oxygens (including phenoxy) is 3. The highest BCUT2D eigenvalue weighted by atomic mass is 16.5. The van der Waals surface area contributed by atoms with Crippen LogP contribution in [0.1, 0.15) is 144 Å². The molecule has 10 heteroatoms. The van der Waals surface area contributed by atoms with Gasteiger partial charge in [0.15, 0.2) is 17.5 Å². The van der Waals surface area contributed by atoms with E-state index in [9.17, 15) is 20.4 Å². The molecule has 13 rings (SSSR count). The first-order chi connectivity index (χ1) is 31.9. The first-order valence-corrected chi connectivity index (χ1v) is 25.8. The third-order valence-corrected chi connectivity index (χ3v) is 17.7. The number of nitrogens with zero attached hydrogens (tertiary/aromatic N) is 1. The van der Waals surface area contributed by atoms with Crippen LogP contribution in [0.15, 0.2) is 53.5 Å². The second-order valence-electron chi connectivity index (χ2n) is 22.0. The number of fused-ring (bicyclic) bond motifs is 2. The molecule has 7 N–H and O–H groups in total. The van der Waals surface area contributed by atoms with E-state index >= 15 is 0 Å². The van der Waals surface area contributed by atoms with Crippen molar-refractivity contribution in [2.24, 2.45) is 57.6 Å². The van der Waals surface area contributed by atoms with E-state index in [4.69, 9.17) is 24.9 Å². The second-order valence-corrected chi connectivity index (χ2v) is 22.0. The van der Waals surface area contributed by atoms with E-state index in [1.807, 2.05) is 24.3 Å². The molecule has 3 saturated carbocycles. The quantitative estimate of drug-likeness (QED) is 0.140. The number of benzene rings is 3. The minimum Gasteiger partial charge on any atom is -0.508 e. The molecule has 3 aromatic carbocycles. The van der Waals surface area contributed by atoms with Crippen LogP contribution in [0.25, 0.3) is 11.1 Å². The monoisotopic (exact) mass is 902 g/mol. The zero-order chi connectivity index (χ0) is 45.9. The number of guanidine groups is 1. The second kappa shape index (κ2) is 18.6. The number of aliphatic hydroxyl groups excluding tert-OH is 2. The summed E-state index contributed by atoms with van der Waals surface area (Å²) < 4.78 is 20.5. The van der Waals surface area contributed by atoms with E-state index in [1.54, 1.807) is 13.2 Å². The fourth-order valence-corrected chi connectivity index (χ4v) is 14.5. The summed E-state index contributed by atoms with van der Waals surface area (Å²) in [6.07, 6.45) is 18.1. The predicted octanol–water partition coefficient (Wildman–Crippen LogP) is 10.1. The molecule has 0 radical (unpaired) electrons. The smallest absolute Gasteiger partial charge is 0.188 e. The Morgan fingerprint density at radius 3 is 2.47 bits per heavy atom. The van der Waals surface area contributed by atoms with Crippen molar-refractivity contribution in [1.29, 1.82) is 0 Å². The molecule has 3 fully saturated rings. The molecule has 0 saturated heterocycles. The van der Waals surface area contributed by atoms with Gasteiger partial charge in [-0.2, -0.15) is 0 Å². The van der Waals surface area contributed by atoms with Crippen LogP contribution in [0.5, 0.6) is 28.7 Å². The number of nitrogens with one attached hydrogen (secondary N) is 1. The number of hydrogen-bond acceptors (Lipinski definition) is 10. The van der Waals surface area contributed by atoms with Crippen molar-refractivity contribution in [3.05, 3.63) is 76.4 Å². The van der Waals surface area contributed by atoms with Crippen LogP contribution in [0, 0.1) is 46.8 Å². The molecule has 0 unspecified atom stereocenters. The normalized spacial score (nSPS) is 32.5. The zero-order valence-electron chi connectivity index (χ0n) is 39.8. The van der Waals surface area contributed by atoms with Gasteiger partial charge in [-0.25, -0.2) is 0 Å². The van der Waals surface area contributed by atoms with Gasteiger partial charge >= 0.3 is 0 Å². The maximum absolute atomic E-state index is 12.3. The summed E-state index contributed by atoms with van der Waals surface area (Å²) in [5.41, 5.74) is 13.8. The third-order valence-electron chi connectivity index (χ3n) is 17.7. The average molecular weight is 902 g/mol. The van der Waals surface area contributed by atoms with Crippen LogP contribution >= 0.6 is 0 Å². The van der Waals surface area contributed by atoms with Crippen molar-refractivity contribution in [2.75, 3.05) is 20.2 Å². The summed E-state index contributed by atoms with van der Waals surface area (Å²) in [5.74, 6) is 5.04. The molecule has 11 atom stereocenters. The fourth-order valence-electron chi connectivity index (χ4n) is 14.5. The molecule has 1 spiro atoms. The summed E-state index contributed by atoms with van der Waals surface area (Å²) >= 11 is 0. The van der Waals surface area contributed by atoms with Gasteiger partial charge in [-0.15, -0.1) is 0 Å². The molecule has 356 valence electrons. The highest BCUT2D eigenvalue weighted by Gasteiger charge is 2.56. The zero-order valence-corrected chi connectivity index (χ0v) is 39.8. The highest BCUT2D eigenvalue weighted by molar-refractivity contribution is 5.84. The Balaban J connectivity index is 1.07. The topological polar surface area (TPSA) is 159 Å². The summed E-state index contributed by atoms with van der Waals surface area (Å²) in [4.78, 5) is 4.96. The minimum atomic E-state index is -0.863. The maximum Gasteiger partial charge on any atom is 0.188 e. The fraction of sp³-hybridized carbons (Fsp3) is 0.625. The van der Waals surface area contributed by atoms with Crippen molar-refractivity contribution in [3.8, 4) is 39.9 Å². The largest absolute Gasteiger partial charge is 0.508 e. The van der Waals surface area contributed by atoms with Gasteiger partial charge in [0, 0.05) is 42.6 Å². The minimum absolute atomic E-state index is 0.0441. The molecule has 0 amide bonds. The lowest BCUT2D eigenvalue weighted by Gasteiger charge is -2.55. The van der Waals surface area contributed by atoms with Crippen molar-refractivity contribution in [2.45, 2.75) is 154 Å². The van der Waals surface area contributed by atoms with Crippen LogP contribution in [-0.4, -0.2) is 64.9 Å². The highest BCUT2D eigenvalue weighted by Crippen LogP contribution is 2.61. The first kappa shape index (κ1) is 45.4. The number of aliphatic hydroxyl groups is 2. The van der Waals surface area contributed by atoms with Gasteiger partial charge in [-0.3, -0.25) is 4.99 Å². The van der Waals surface area contributed by atoms with Crippen LogP contribution in [-0.2, 0) is 19.3 Å². The lowest BCUT2D eigenvalue weighted by atomic mass is 9.52. The van der Waals surface area contributed by atoms with Gasteiger partial charge in [0.1, 0.15) is 29.5 Å². The van der Waals surface area contributed by atoms with E-state index in [0.717, 1.165) is 96.9 Å². The van der Waals surface area contributed by atoms with Crippen LogP contribution in [0.2, 0.25) is 0 Å². The molecular weight excluding hydrogens is 827 g/mol. The Labute approximate surface area is 392 Å². The summed E-state index contributed by atoms with van der Waals surface area (Å²) in [5, 5.41) is 50.1. The van der Waals surface area contributed by atoms with Crippen LogP contribution < -0.4 is 25.3 Å². The Kier molecular flexibility index (Phi) is 12.8. The Morgan fingerprint density at radius 1 is 0.879 bits per heavy atom. The Hall–Kier alpha value is -4.41. The number of aromatic hydroxyl groups is 2. The summed E-state index contributed by atoms with van der Waals surface area (Å²) in [6.45, 7) is 7.93. The maximum atomic E-state index is 12.3. The van der Waals surface area contributed by atoms with Crippen molar-refractivity contribution >= 4 is 5.96 Å². The SMILES string of the molecule is CC[C@H]1C[C@H]2C=C[C@@H]1C[C@H](O)CCCNC(N)=NC[C@@H]1CC[C@@H]3CCC4(CCCC4)[C@H]1[C@@H]3Oc1cc(ccc1O)[C@@H]1Oc3cc(OC)c4c(c3C[C@H]1O)[C@H]2Cc1cc(O)c(CC(C)C)cc1-4. The van der Waals surface area contributed by atoms with E-state index in [-0.39, 0.29) is 35.0 Å². The summed E-state index contributed by atoms with van der Waals surface area (Å²) in [7, 11) is 1.73. The standard InChI is InChI=1S/C56H75N3O7/c1-5-32-22-35-12-11-34(32)23-40(60)9-8-20-58-55(57)59-30-37-13-10-33-16-19-56(17-6-7-18-56)52(37)54(33)66-48-27-36(14-15-44(48)61)53-46(63)28-43-47(65-53)29-49(64-4)51-42-25-39(21-31(2)3)45(62)26-38(42)24-41(35)50(43)51/h11-12,14-15,25-27,29,31-35,37,40-41,46,52-54,60-63H,5-10,13,16-24,28,30H2,1-4H3,(H3,57,58,59)/t32-,33+,34+,35+,37-,40+,41-,46+,52+,53-,54+/m0/s1. The molecule has 3 aromatic rings. The third kappa shape index (κ3) is 8.45. The van der Waals surface area contributed by atoms with E-state index in [2.05, 4.69) is 44.3 Å². The van der Waals surface area contributed by atoms with Gasteiger partial charge in [-0.05, 0) is 176 Å². The molecule has 10 nitrogen and oxygen atoms in total. The molecule has 10 aliphatic rings. The number of hydrogen-bond donors (Lipinski definition) is 6. The number of methoxy groups -OCH3 is 1. The number of rotatable bonds is 4. The van der Waals surface area contributed by atoms with Gasteiger partial charge in [0.25, 0.3) is 0 Å². The van der Waals surface area contributed by atoms with Gasteiger partial charge < -0.3 is 45.7 Å². The van der Waals surface area contributed by atoms with Gasteiger partial charge in [-0.1, -0.05) is 58.3 Å². The predicted molar refractivity (Wildman–Crippen MR) is 259 cm³/mol. The average Bonchev–Trinajstić information content (AvgIpc) is 3.78. The Bertz CT molecular complexity index is 2320. The van der Waals surface area contributed by atoms with Gasteiger partial charge in [0.05, 0.1) is 19.3 Å². The number of allylic oxidation sites excluding steroid dienone is 2. The molecule has 5 aliphatic carbocycles. The lowest BCUT2D eigenvalue weighted by molar-refractivity contribution is -0.104. The Morgan fingerprint density at radius 2 is 1.68 bits per heavy atom. The number of aliphatic imine (C=N–C) groups is 1.